The van der Waals surface area contributed by atoms with Gasteiger partial charge in [0.2, 0.25) is 5.88 Å². The lowest BCUT2D eigenvalue weighted by Gasteiger charge is -2.10. The molecule has 0 saturated heterocycles. The van der Waals surface area contributed by atoms with Gasteiger partial charge in [-0.15, -0.1) is 0 Å². The first kappa shape index (κ1) is 13.4. The average molecular weight is 280 g/mol. The number of methoxy groups -OCH3 is 1. The third-order valence-electron chi connectivity index (χ3n) is 3.24. The summed E-state index contributed by atoms with van der Waals surface area (Å²) in [4.78, 5) is 4.48. The van der Waals surface area contributed by atoms with E-state index in [0.717, 1.165) is 22.2 Å². The van der Waals surface area contributed by atoms with Crippen molar-refractivity contribution < 1.29 is 9.47 Å². The molecule has 3 aromatic rings. The number of nitrogens with zero attached hydrogens (tertiary/aromatic N) is 1. The molecule has 0 atom stereocenters. The molecule has 0 aliphatic carbocycles. The van der Waals surface area contributed by atoms with Gasteiger partial charge in [0.25, 0.3) is 0 Å². The van der Waals surface area contributed by atoms with E-state index in [4.69, 9.17) is 15.2 Å². The third-order valence-corrected chi connectivity index (χ3v) is 3.24. The van der Waals surface area contributed by atoms with Gasteiger partial charge in [-0.3, -0.25) is 0 Å². The molecule has 4 nitrogen and oxygen atoms in total. The predicted octanol–water partition coefficient (Wildman–Crippen LogP) is 3.49. The van der Waals surface area contributed by atoms with E-state index < -0.39 is 0 Å². The highest BCUT2D eigenvalue weighted by molar-refractivity contribution is 5.87. The molecule has 0 aliphatic rings. The van der Waals surface area contributed by atoms with Gasteiger partial charge in [-0.25, -0.2) is 4.98 Å². The van der Waals surface area contributed by atoms with E-state index in [1.54, 1.807) is 7.11 Å². The molecule has 0 amide bonds. The molecule has 0 unspecified atom stereocenters. The van der Waals surface area contributed by atoms with Crippen molar-refractivity contribution in [1.29, 1.82) is 0 Å². The highest BCUT2D eigenvalue weighted by Crippen LogP contribution is 2.29. The maximum atomic E-state index is 5.91. The van der Waals surface area contributed by atoms with Gasteiger partial charge in [0.15, 0.2) is 0 Å². The van der Waals surface area contributed by atoms with Crippen LogP contribution in [0.3, 0.4) is 0 Å². The normalized spacial score (nSPS) is 10.6. The van der Waals surface area contributed by atoms with Crippen LogP contribution in [0.15, 0.2) is 54.6 Å². The van der Waals surface area contributed by atoms with Crippen LogP contribution in [0, 0.1) is 0 Å². The van der Waals surface area contributed by atoms with Gasteiger partial charge in [-0.2, -0.15) is 0 Å². The molecular weight excluding hydrogens is 264 g/mol. The van der Waals surface area contributed by atoms with Crippen molar-refractivity contribution in [3.8, 4) is 17.4 Å². The number of nitrogens with two attached hydrogens (primary N) is 1. The zero-order valence-corrected chi connectivity index (χ0v) is 11.7. The van der Waals surface area contributed by atoms with Gasteiger partial charge in [-0.05, 0) is 41.8 Å². The maximum absolute atomic E-state index is 5.91. The number of aromatic nitrogens is 1. The highest BCUT2D eigenvalue weighted by atomic mass is 16.5. The largest absolute Gasteiger partial charge is 0.497 e. The fourth-order valence-electron chi connectivity index (χ4n) is 2.16. The van der Waals surface area contributed by atoms with Crippen LogP contribution in [0.2, 0.25) is 0 Å². The zero-order chi connectivity index (χ0) is 14.7. The summed E-state index contributed by atoms with van der Waals surface area (Å²) in [6, 6.07) is 17.4. The molecule has 0 spiro atoms. The molecule has 1 heterocycles. The van der Waals surface area contributed by atoms with Crippen LogP contribution in [0.4, 0.5) is 0 Å². The van der Waals surface area contributed by atoms with Crippen LogP contribution in [0.25, 0.3) is 10.8 Å². The van der Waals surface area contributed by atoms with Gasteiger partial charge in [0.1, 0.15) is 11.5 Å². The highest BCUT2D eigenvalue weighted by Gasteiger charge is 2.07. The van der Waals surface area contributed by atoms with Crippen molar-refractivity contribution in [2.45, 2.75) is 6.54 Å². The van der Waals surface area contributed by atoms with E-state index in [1.807, 2.05) is 54.6 Å². The van der Waals surface area contributed by atoms with E-state index in [2.05, 4.69) is 4.98 Å². The van der Waals surface area contributed by atoms with E-state index >= 15 is 0 Å². The number of fused-ring (bicyclic) bond motifs is 1. The van der Waals surface area contributed by atoms with Gasteiger partial charge in [0, 0.05) is 11.9 Å². The molecule has 21 heavy (non-hydrogen) atoms. The Kier molecular flexibility index (Phi) is 3.71. The molecule has 4 heteroatoms. The number of hydrogen-bond donors (Lipinski definition) is 1. The smallest absolute Gasteiger partial charge is 0.227 e. The lowest BCUT2D eigenvalue weighted by molar-refractivity contribution is 0.412. The first-order valence-corrected chi connectivity index (χ1v) is 6.71. The summed E-state index contributed by atoms with van der Waals surface area (Å²) in [6.07, 6.45) is 0. The molecule has 0 saturated carbocycles. The predicted molar refractivity (Wildman–Crippen MR) is 82.7 cm³/mol. The number of pyridine rings is 1. The Labute approximate surface area is 123 Å². The molecule has 2 aromatic carbocycles. The van der Waals surface area contributed by atoms with Crippen LogP contribution in [0.1, 0.15) is 5.69 Å². The van der Waals surface area contributed by atoms with E-state index in [9.17, 15) is 0 Å². The molecule has 0 fully saturated rings. The van der Waals surface area contributed by atoms with E-state index in [0.29, 0.717) is 18.2 Å². The Bertz CT molecular complexity index is 754. The minimum absolute atomic E-state index is 0.379. The molecule has 2 N–H and O–H groups in total. The Hall–Kier alpha value is -2.59. The minimum Gasteiger partial charge on any atom is -0.497 e. The Morgan fingerprint density at radius 2 is 1.71 bits per heavy atom. The number of ether oxygens (including phenoxy) is 2. The molecule has 0 radical (unpaired) electrons. The molecule has 0 bridgehead atoms. The molecular formula is C17H16N2O2. The second-order valence-electron chi connectivity index (χ2n) is 4.62. The Morgan fingerprint density at radius 1 is 1.00 bits per heavy atom. The van der Waals surface area contributed by atoms with Crippen molar-refractivity contribution in [1.82, 2.24) is 4.98 Å². The maximum Gasteiger partial charge on any atom is 0.227 e. The second kappa shape index (κ2) is 5.81. The fraction of sp³-hybridized carbons (Fsp3) is 0.118. The summed E-state index contributed by atoms with van der Waals surface area (Å²) in [5.41, 5.74) is 6.51. The summed E-state index contributed by atoms with van der Waals surface area (Å²) in [5, 5.41) is 2.03. The van der Waals surface area contributed by atoms with Gasteiger partial charge in [-0.1, -0.05) is 18.2 Å². The van der Waals surface area contributed by atoms with Crippen LogP contribution in [-0.2, 0) is 6.54 Å². The SMILES string of the molecule is COc1ccc(Oc2nc(CN)cc3ccccc23)cc1. The van der Waals surface area contributed by atoms with Gasteiger partial charge in [0.05, 0.1) is 12.8 Å². The van der Waals surface area contributed by atoms with Crippen molar-refractivity contribution >= 4 is 10.8 Å². The minimum atomic E-state index is 0.379. The lowest BCUT2D eigenvalue weighted by Crippen LogP contribution is -2.01. The summed E-state index contributed by atoms with van der Waals surface area (Å²) in [7, 11) is 1.63. The monoisotopic (exact) mass is 280 g/mol. The van der Waals surface area contributed by atoms with Crippen LogP contribution in [-0.4, -0.2) is 12.1 Å². The first-order chi connectivity index (χ1) is 10.3. The van der Waals surface area contributed by atoms with Crippen molar-refractivity contribution in [2.24, 2.45) is 5.73 Å². The third kappa shape index (κ3) is 2.80. The summed E-state index contributed by atoms with van der Waals surface area (Å²) in [6.45, 7) is 0.379. The Balaban J connectivity index is 2.01. The first-order valence-electron chi connectivity index (χ1n) is 6.71. The number of hydrogen-bond acceptors (Lipinski definition) is 4. The average Bonchev–Trinajstić information content (AvgIpc) is 2.55. The summed E-state index contributed by atoms with van der Waals surface area (Å²) < 4.78 is 11.0. The summed E-state index contributed by atoms with van der Waals surface area (Å²) >= 11 is 0. The lowest BCUT2D eigenvalue weighted by atomic mass is 10.1. The van der Waals surface area contributed by atoms with Gasteiger partial charge < -0.3 is 15.2 Å². The van der Waals surface area contributed by atoms with Crippen LogP contribution < -0.4 is 15.2 Å². The molecule has 0 aliphatic heterocycles. The standard InChI is InChI=1S/C17H16N2O2/c1-20-14-6-8-15(9-7-14)21-17-16-5-3-2-4-12(16)10-13(11-18)19-17/h2-10H,11,18H2,1H3. The molecule has 106 valence electrons. The zero-order valence-electron chi connectivity index (χ0n) is 11.7. The summed E-state index contributed by atoms with van der Waals surface area (Å²) in [5.74, 6) is 2.07. The van der Waals surface area contributed by atoms with E-state index in [-0.39, 0.29) is 0 Å². The fourth-order valence-corrected chi connectivity index (χ4v) is 2.16. The van der Waals surface area contributed by atoms with Crippen molar-refractivity contribution in [3.05, 3.63) is 60.3 Å². The number of benzene rings is 2. The van der Waals surface area contributed by atoms with Crippen molar-refractivity contribution in [3.63, 3.8) is 0 Å². The van der Waals surface area contributed by atoms with Crippen molar-refractivity contribution in [2.75, 3.05) is 7.11 Å². The van der Waals surface area contributed by atoms with Crippen LogP contribution in [0.5, 0.6) is 17.4 Å². The van der Waals surface area contributed by atoms with Gasteiger partial charge >= 0.3 is 0 Å². The molecule has 3 rings (SSSR count). The van der Waals surface area contributed by atoms with Crippen LogP contribution >= 0.6 is 0 Å². The van der Waals surface area contributed by atoms with E-state index in [1.165, 1.54) is 0 Å². The number of rotatable bonds is 4. The quantitative estimate of drug-likeness (QED) is 0.794. The molecule has 1 aromatic heterocycles. The topological polar surface area (TPSA) is 57.4 Å². The second-order valence-corrected chi connectivity index (χ2v) is 4.62. The Morgan fingerprint density at radius 3 is 2.43 bits per heavy atom.